The summed E-state index contributed by atoms with van der Waals surface area (Å²) in [5.41, 5.74) is 2.77. The summed E-state index contributed by atoms with van der Waals surface area (Å²) in [4.78, 5) is 21.0. The summed E-state index contributed by atoms with van der Waals surface area (Å²) in [6, 6.07) is -0.109. The molecule has 112 valence electrons. The largest absolute Gasteiger partial charge is 0.294 e. The third kappa shape index (κ3) is 3.43. The summed E-state index contributed by atoms with van der Waals surface area (Å²) in [5, 5.41) is 8.49. The van der Waals surface area contributed by atoms with Gasteiger partial charge in [0.25, 0.3) is 0 Å². The number of hydrogen-bond donors (Lipinski definition) is 0. The SMILES string of the molecule is C=CN=C(C=NC)C1=C(C)C(C)N=C(c2cnccn2)N=N1. The summed E-state index contributed by atoms with van der Waals surface area (Å²) in [6.45, 7) is 7.53. The molecule has 1 unspecified atom stereocenters. The fraction of sp³-hybridized carbons (Fsp3) is 0.267. The van der Waals surface area contributed by atoms with Gasteiger partial charge in [-0.25, -0.2) is 4.98 Å². The van der Waals surface area contributed by atoms with Crippen molar-refractivity contribution in [1.29, 1.82) is 0 Å². The first-order valence-electron chi connectivity index (χ1n) is 6.75. The Morgan fingerprint density at radius 1 is 1.32 bits per heavy atom. The molecule has 0 bridgehead atoms. The molecular formula is C15H17N7. The second-order valence-electron chi connectivity index (χ2n) is 4.54. The Labute approximate surface area is 129 Å². The van der Waals surface area contributed by atoms with Crippen molar-refractivity contribution >= 4 is 17.8 Å². The average molecular weight is 295 g/mol. The zero-order chi connectivity index (χ0) is 15.9. The van der Waals surface area contributed by atoms with Crippen LogP contribution in [-0.2, 0) is 0 Å². The predicted molar refractivity (Wildman–Crippen MR) is 87.6 cm³/mol. The molecule has 7 nitrogen and oxygen atoms in total. The number of azo groups is 1. The first-order chi connectivity index (χ1) is 10.7. The Hall–Kier alpha value is -2.83. The quantitative estimate of drug-likeness (QED) is 0.799. The molecule has 0 spiro atoms. The van der Waals surface area contributed by atoms with Crippen molar-refractivity contribution in [3.8, 4) is 0 Å². The van der Waals surface area contributed by atoms with Crippen molar-refractivity contribution in [1.82, 2.24) is 9.97 Å². The van der Waals surface area contributed by atoms with Crippen LogP contribution in [0.25, 0.3) is 0 Å². The van der Waals surface area contributed by atoms with Crippen LogP contribution in [0.5, 0.6) is 0 Å². The number of rotatable bonds is 4. The van der Waals surface area contributed by atoms with E-state index in [1.54, 1.807) is 31.9 Å². The van der Waals surface area contributed by atoms with Crippen LogP contribution in [0, 0.1) is 0 Å². The molecule has 22 heavy (non-hydrogen) atoms. The number of aliphatic imine (C=N–C) groups is 3. The van der Waals surface area contributed by atoms with Gasteiger partial charge in [-0.2, -0.15) is 0 Å². The topological polar surface area (TPSA) is 87.6 Å². The van der Waals surface area contributed by atoms with E-state index in [1.165, 1.54) is 6.20 Å². The van der Waals surface area contributed by atoms with Crippen LogP contribution in [0.15, 0.2) is 67.8 Å². The first-order valence-corrected chi connectivity index (χ1v) is 6.75. The maximum Gasteiger partial charge on any atom is 0.198 e. The van der Waals surface area contributed by atoms with Crippen LogP contribution < -0.4 is 0 Å². The van der Waals surface area contributed by atoms with Gasteiger partial charge in [-0.05, 0) is 19.4 Å². The number of hydrogen-bond acceptors (Lipinski definition) is 7. The van der Waals surface area contributed by atoms with Crippen LogP contribution in [0.2, 0.25) is 0 Å². The number of aromatic nitrogens is 2. The molecule has 0 amide bonds. The van der Waals surface area contributed by atoms with Gasteiger partial charge in [-0.15, -0.1) is 10.2 Å². The molecule has 0 N–H and O–H groups in total. The predicted octanol–water partition coefficient (Wildman–Crippen LogP) is 2.64. The van der Waals surface area contributed by atoms with Crippen LogP contribution in [0.4, 0.5) is 0 Å². The molecule has 1 aliphatic heterocycles. The van der Waals surface area contributed by atoms with Gasteiger partial charge in [0.1, 0.15) is 17.1 Å². The number of allylic oxidation sites excluding steroid dienone is 1. The van der Waals surface area contributed by atoms with Crippen LogP contribution in [0.3, 0.4) is 0 Å². The Morgan fingerprint density at radius 2 is 2.14 bits per heavy atom. The van der Waals surface area contributed by atoms with Gasteiger partial charge in [-0.1, -0.05) is 6.58 Å². The molecule has 2 rings (SSSR count). The lowest BCUT2D eigenvalue weighted by atomic mass is 10.1. The van der Waals surface area contributed by atoms with Gasteiger partial charge in [-0.3, -0.25) is 20.0 Å². The smallest absolute Gasteiger partial charge is 0.198 e. The van der Waals surface area contributed by atoms with Gasteiger partial charge >= 0.3 is 0 Å². The van der Waals surface area contributed by atoms with E-state index in [4.69, 9.17) is 0 Å². The fourth-order valence-corrected chi connectivity index (χ4v) is 1.84. The third-order valence-electron chi connectivity index (χ3n) is 3.08. The van der Waals surface area contributed by atoms with Gasteiger partial charge in [0.2, 0.25) is 0 Å². The monoisotopic (exact) mass is 295 g/mol. The van der Waals surface area contributed by atoms with E-state index in [1.807, 2.05) is 13.8 Å². The normalized spacial score (nSPS) is 19.3. The van der Waals surface area contributed by atoms with E-state index in [0.717, 1.165) is 5.57 Å². The fourth-order valence-electron chi connectivity index (χ4n) is 1.84. The van der Waals surface area contributed by atoms with Gasteiger partial charge < -0.3 is 0 Å². The van der Waals surface area contributed by atoms with Crippen molar-refractivity contribution in [3.63, 3.8) is 0 Å². The third-order valence-corrected chi connectivity index (χ3v) is 3.08. The van der Waals surface area contributed by atoms with Crippen molar-refractivity contribution in [2.45, 2.75) is 19.9 Å². The number of nitrogens with zero attached hydrogens (tertiary/aromatic N) is 7. The highest BCUT2D eigenvalue weighted by Gasteiger charge is 2.18. The summed E-state index contributed by atoms with van der Waals surface area (Å²) in [6.07, 6.45) is 7.88. The minimum atomic E-state index is -0.109. The van der Waals surface area contributed by atoms with E-state index in [-0.39, 0.29) is 6.04 Å². The highest BCUT2D eigenvalue weighted by molar-refractivity contribution is 6.38. The Balaban J connectivity index is 2.46. The first kappa shape index (κ1) is 15.6. The molecule has 7 heteroatoms. The Morgan fingerprint density at radius 3 is 2.77 bits per heavy atom. The molecule has 0 aromatic carbocycles. The molecule has 1 aromatic rings. The Bertz CT molecular complexity index is 696. The van der Waals surface area contributed by atoms with Crippen LogP contribution in [0.1, 0.15) is 19.5 Å². The maximum atomic E-state index is 4.55. The van der Waals surface area contributed by atoms with Gasteiger partial charge in [0.15, 0.2) is 5.84 Å². The van der Waals surface area contributed by atoms with E-state index in [0.29, 0.717) is 22.9 Å². The lowest BCUT2D eigenvalue weighted by molar-refractivity contribution is 0.857. The van der Waals surface area contributed by atoms with Crippen molar-refractivity contribution in [2.24, 2.45) is 25.2 Å². The highest BCUT2D eigenvalue weighted by Crippen LogP contribution is 2.20. The van der Waals surface area contributed by atoms with Gasteiger partial charge in [0, 0.05) is 31.9 Å². The average Bonchev–Trinajstić information content (AvgIpc) is 2.68. The summed E-state index contributed by atoms with van der Waals surface area (Å²) in [5.74, 6) is 0.446. The zero-order valence-electron chi connectivity index (χ0n) is 12.8. The minimum Gasteiger partial charge on any atom is -0.294 e. The summed E-state index contributed by atoms with van der Waals surface area (Å²) >= 11 is 0. The van der Waals surface area contributed by atoms with E-state index < -0.39 is 0 Å². The Kier molecular flexibility index (Phi) is 5.13. The zero-order valence-corrected chi connectivity index (χ0v) is 12.8. The molecular weight excluding hydrogens is 278 g/mol. The molecule has 0 aliphatic carbocycles. The molecule has 0 fully saturated rings. The van der Waals surface area contributed by atoms with Crippen molar-refractivity contribution in [2.75, 3.05) is 7.05 Å². The standard InChI is InChI=1S/C15H17N7/c1-5-18-12(8-16-4)14-10(2)11(3)20-15(22-21-14)13-9-17-6-7-19-13/h5-9,11H,1H2,2-4H3. The molecule has 1 aromatic heterocycles. The van der Waals surface area contributed by atoms with Crippen LogP contribution in [-0.4, -0.2) is 40.8 Å². The summed E-state index contributed by atoms with van der Waals surface area (Å²) in [7, 11) is 1.67. The maximum absolute atomic E-state index is 4.55. The lowest BCUT2D eigenvalue weighted by Gasteiger charge is -2.08. The lowest BCUT2D eigenvalue weighted by Crippen LogP contribution is -2.10. The van der Waals surface area contributed by atoms with E-state index in [2.05, 4.69) is 41.8 Å². The second kappa shape index (κ2) is 7.26. The van der Waals surface area contributed by atoms with E-state index in [9.17, 15) is 0 Å². The molecule has 1 aliphatic rings. The molecule has 0 saturated carbocycles. The van der Waals surface area contributed by atoms with Crippen molar-refractivity contribution < 1.29 is 0 Å². The van der Waals surface area contributed by atoms with Crippen LogP contribution >= 0.6 is 0 Å². The van der Waals surface area contributed by atoms with Gasteiger partial charge in [0.05, 0.1) is 12.2 Å². The van der Waals surface area contributed by atoms with E-state index >= 15 is 0 Å². The number of amidine groups is 1. The van der Waals surface area contributed by atoms with Crippen molar-refractivity contribution in [3.05, 3.63) is 48.3 Å². The molecule has 0 saturated heterocycles. The summed E-state index contributed by atoms with van der Waals surface area (Å²) < 4.78 is 0. The highest BCUT2D eigenvalue weighted by atomic mass is 15.2. The molecule has 1 atom stereocenters. The molecule has 0 radical (unpaired) electrons. The second-order valence-corrected chi connectivity index (χ2v) is 4.54. The minimum absolute atomic E-state index is 0.109. The molecule has 2 heterocycles.